The molecule has 7 nitrogen and oxygen atoms in total. The topological polar surface area (TPSA) is 86.8 Å². The average molecular weight is 553 g/mol. The molecule has 2 amide bonds. The van der Waals surface area contributed by atoms with Crippen LogP contribution in [0.4, 0.5) is 5.69 Å². The molecule has 0 heterocycles. The van der Waals surface area contributed by atoms with Crippen molar-refractivity contribution in [3.8, 4) is 0 Å². The van der Waals surface area contributed by atoms with E-state index in [1.54, 1.807) is 24.3 Å². The second-order valence-electron chi connectivity index (χ2n) is 8.44. The number of nitrogens with one attached hydrogen (secondary N) is 1. The van der Waals surface area contributed by atoms with Gasteiger partial charge in [-0.3, -0.25) is 13.9 Å². The van der Waals surface area contributed by atoms with Crippen molar-refractivity contribution in [2.45, 2.75) is 59.2 Å². The smallest absolute Gasteiger partial charge is 0.244 e. The predicted molar refractivity (Wildman–Crippen MR) is 140 cm³/mol. The summed E-state index contributed by atoms with van der Waals surface area (Å²) in [6.07, 6.45) is 2.23. The first-order valence-corrected chi connectivity index (χ1v) is 14.0. The molecule has 0 aliphatic carbocycles. The lowest BCUT2D eigenvalue weighted by molar-refractivity contribution is -0.140. The highest BCUT2D eigenvalue weighted by molar-refractivity contribution is 9.10. The van der Waals surface area contributed by atoms with Crippen LogP contribution in [0, 0.1) is 6.92 Å². The Labute approximate surface area is 211 Å². The number of hydrogen-bond donors (Lipinski definition) is 1. The fraction of sp³-hybridized carbons (Fsp3) is 0.440. The molecule has 0 saturated heterocycles. The second kappa shape index (κ2) is 12.4. The van der Waals surface area contributed by atoms with Crippen molar-refractivity contribution in [3.63, 3.8) is 0 Å². The van der Waals surface area contributed by atoms with Crippen molar-refractivity contribution < 1.29 is 18.0 Å². The number of anilines is 1. The summed E-state index contributed by atoms with van der Waals surface area (Å²) in [4.78, 5) is 28.3. The molecule has 0 fully saturated rings. The molecule has 0 bridgehead atoms. The number of sulfonamides is 1. The molecular formula is C25H34BrN3O4S. The van der Waals surface area contributed by atoms with Crippen molar-refractivity contribution in [2.24, 2.45) is 0 Å². The van der Waals surface area contributed by atoms with Crippen LogP contribution >= 0.6 is 15.9 Å². The third-order valence-electron chi connectivity index (χ3n) is 5.76. The minimum absolute atomic E-state index is 0.0360. The molecule has 9 heteroatoms. The van der Waals surface area contributed by atoms with Crippen LogP contribution in [0.25, 0.3) is 0 Å². The summed E-state index contributed by atoms with van der Waals surface area (Å²) < 4.78 is 27.0. The lowest BCUT2D eigenvalue weighted by Gasteiger charge is -2.33. The van der Waals surface area contributed by atoms with Crippen LogP contribution in [0.15, 0.2) is 53.0 Å². The molecule has 2 aromatic carbocycles. The maximum Gasteiger partial charge on any atom is 0.244 e. The molecular weight excluding hydrogens is 518 g/mol. The van der Waals surface area contributed by atoms with Crippen LogP contribution < -0.4 is 9.62 Å². The summed E-state index contributed by atoms with van der Waals surface area (Å²) in [6.45, 7) is 7.48. The monoisotopic (exact) mass is 551 g/mol. The molecule has 1 N–H and O–H groups in total. The Morgan fingerprint density at radius 3 is 2.29 bits per heavy atom. The van der Waals surface area contributed by atoms with Crippen molar-refractivity contribution in [3.05, 3.63) is 64.1 Å². The Bertz CT molecular complexity index is 1110. The molecule has 0 saturated carbocycles. The molecule has 0 aliphatic rings. The lowest BCUT2D eigenvalue weighted by Crippen LogP contribution is -2.53. The van der Waals surface area contributed by atoms with E-state index >= 15 is 0 Å². The van der Waals surface area contributed by atoms with E-state index in [4.69, 9.17) is 0 Å². The summed E-state index contributed by atoms with van der Waals surface area (Å²) in [5.41, 5.74) is 2.27. The first kappa shape index (κ1) is 27.9. The zero-order chi connectivity index (χ0) is 25.5. The van der Waals surface area contributed by atoms with Gasteiger partial charge in [0.2, 0.25) is 21.8 Å². The van der Waals surface area contributed by atoms with Crippen molar-refractivity contribution >= 4 is 43.5 Å². The summed E-state index contributed by atoms with van der Waals surface area (Å²) >= 11 is 3.36. The summed E-state index contributed by atoms with van der Waals surface area (Å²) in [5.74, 6) is -0.688. The van der Waals surface area contributed by atoms with Crippen LogP contribution in [0.3, 0.4) is 0 Å². The largest absolute Gasteiger partial charge is 0.352 e. The van der Waals surface area contributed by atoms with E-state index in [2.05, 4.69) is 21.2 Å². The van der Waals surface area contributed by atoms with Gasteiger partial charge in [-0.25, -0.2) is 8.42 Å². The van der Waals surface area contributed by atoms with Gasteiger partial charge < -0.3 is 10.2 Å². The van der Waals surface area contributed by atoms with Crippen LogP contribution in [0.2, 0.25) is 0 Å². The van der Waals surface area contributed by atoms with Crippen LogP contribution in [0.1, 0.15) is 44.7 Å². The second-order valence-corrected chi connectivity index (χ2v) is 11.3. The lowest BCUT2D eigenvalue weighted by atomic mass is 10.1. The predicted octanol–water partition coefficient (Wildman–Crippen LogP) is 4.25. The highest BCUT2D eigenvalue weighted by atomic mass is 79.9. The fourth-order valence-corrected chi connectivity index (χ4v) is 4.81. The molecule has 2 atom stereocenters. The van der Waals surface area contributed by atoms with Gasteiger partial charge in [0.1, 0.15) is 12.6 Å². The Hall–Kier alpha value is -2.39. The molecule has 186 valence electrons. The van der Waals surface area contributed by atoms with Gasteiger partial charge >= 0.3 is 0 Å². The Kier molecular flexibility index (Phi) is 10.1. The van der Waals surface area contributed by atoms with Gasteiger partial charge in [0, 0.05) is 17.1 Å². The van der Waals surface area contributed by atoms with E-state index in [1.807, 2.05) is 52.0 Å². The standard InChI is InChI=1S/C25H34BrN3O4S/c1-6-19(4)27-25(31)23(7-2)28(16-20-12-9-8-11-18(20)3)24(30)17-29(34(5,32)33)22-14-10-13-21(26)15-22/h8-15,19,23H,6-7,16-17H2,1-5H3,(H,27,31)/t19-,23+/m0/s1. The molecule has 0 radical (unpaired) electrons. The molecule has 34 heavy (non-hydrogen) atoms. The van der Waals surface area contributed by atoms with Crippen molar-refractivity contribution in [1.82, 2.24) is 10.2 Å². The normalized spacial score (nSPS) is 13.1. The number of carbonyl (C=O) groups excluding carboxylic acids is 2. The highest BCUT2D eigenvalue weighted by Crippen LogP contribution is 2.23. The van der Waals surface area contributed by atoms with E-state index < -0.39 is 28.5 Å². The molecule has 0 spiro atoms. The number of nitrogens with zero attached hydrogens (tertiary/aromatic N) is 2. The minimum atomic E-state index is -3.76. The number of halogens is 1. The van der Waals surface area contributed by atoms with Crippen LogP contribution in [-0.2, 0) is 26.2 Å². The van der Waals surface area contributed by atoms with Crippen LogP contribution in [-0.4, -0.2) is 50.0 Å². The van der Waals surface area contributed by atoms with Gasteiger partial charge in [0.25, 0.3) is 0 Å². The third kappa shape index (κ3) is 7.56. The van der Waals surface area contributed by atoms with E-state index in [0.717, 1.165) is 28.1 Å². The molecule has 0 aromatic heterocycles. The quantitative estimate of drug-likeness (QED) is 0.452. The van der Waals surface area contributed by atoms with Crippen LogP contribution in [0.5, 0.6) is 0 Å². The number of amides is 2. The summed E-state index contributed by atoms with van der Waals surface area (Å²) in [7, 11) is -3.76. The van der Waals surface area contributed by atoms with Gasteiger partial charge in [-0.05, 0) is 56.0 Å². The zero-order valence-electron chi connectivity index (χ0n) is 20.4. The van der Waals surface area contributed by atoms with Gasteiger partial charge in [-0.1, -0.05) is 60.1 Å². The van der Waals surface area contributed by atoms with Gasteiger partial charge in [0.15, 0.2) is 0 Å². The summed E-state index contributed by atoms with van der Waals surface area (Å²) in [6, 6.07) is 13.7. The first-order chi connectivity index (χ1) is 16.0. The molecule has 2 rings (SSSR count). The average Bonchev–Trinajstić information content (AvgIpc) is 2.77. The number of hydrogen-bond acceptors (Lipinski definition) is 4. The third-order valence-corrected chi connectivity index (χ3v) is 7.40. The molecule has 2 aromatic rings. The molecule has 0 unspecified atom stereocenters. The maximum atomic E-state index is 13.7. The maximum absolute atomic E-state index is 13.7. The van der Waals surface area contributed by atoms with Gasteiger partial charge in [0.05, 0.1) is 11.9 Å². The van der Waals surface area contributed by atoms with E-state index in [-0.39, 0.29) is 18.5 Å². The van der Waals surface area contributed by atoms with E-state index in [1.165, 1.54) is 4.90 Å². The fourth-order valence-electron chi connectivity index (χ4n) is 3.58. The Balaban J connectivity index is 2.45. The Morgan fingerprint density at radius 2 is 1.74 bits per heavy atom. The zero-order valence-corrected chi connectivity index (χ0v) is 22.8. The van der Waals surface area contributed by atoms with E-state index in [0.29, 0.717) is 16.6 Å². The van der Waals surface area contributed by atoms with E-state index in [9.17, 15) is 18.0 Å². The Morgan fingerprint density at radius 1 is 1.06 bits per heavy atom. The number of aryl methyl sites for hydroxylation is 1. The minimum Gasteiger partial charge on any atom is -0.352 e. The van der Waals surface area contributed by atoms with Crippen molar-refractivity contribution in [2.75, 3.05) is 17.1 Å². The number of benzene rings is 2. The molecule has 0 aliphatic heterocycles. The first-order valence-electron chi connectivity index (χ1n) is 11.4. The number of rotatable bonds is 11. The highest BCUT2D eigenvalue weighted by Gasteiger charge is 2.32. The van der Waals surface area contributed by atoms with Gasteiger partial charge in [-0.2, -0.15) is 0 Å². The number of carbonyl (C=O) groups is 2. The van der Waals surface area contributed by atoms with Crippen molar-refractivity contribution in [1.29, 1.82) is 0 Å². The summed E-state index contributed by atoms with van der Waals surface area (Å²) in [5, 5.41) is 2.97. The van der Waals surface area contributed by atoms with Gasteiger partial charge in [-0.15, -0.1) is 0 Å². The SMILES string of the molecule is CC[C@H](C(=O)N[C@@H](C)CC)N(Cc1ccccc1C)C(=O)CN(c1cccc(Br)c1)S(C)(=O)=O.